The Labute approximate surface area is 123 Å². The largest absolute Gasteiger partial charge is 0.396 e. The maximum absolute atomic E-state index is 8.87. The minimum atomic E-state index is 0.170. The molecule has 2 aromatic rings. The molecule has 0 bridgehead atoms. The van der Waals surface area contributed by atoms with Crippen molar-refractivity contribution in [2.45, 2.75) is 6.42 Å². The Hall–Kier alpha value is -2.40. The number of rotatable bonds is 5. The highest BCUT2D eigenvalue weighted by Crippen LogP contribution is 2.28. The van der Waals surface area contributed by atoms with Gasteiger partial charge in [0.15, 0.2) is 0 Å². The molecular formula is C16H18N4O. The molecule has 108 valence electrons. The average Bonchev–Trinajstić information content (AvgIpc) is 3.01. The Kier molecular flexibility index (Phi) is 3.83. The van der Waals surface area contributed by atoms with Crippen LogP contribution >= 0.6 is 0 Å². The molecule has 0 unspecified atom stereocenters. The number of benzene rings is 1. The third-order valence-corrected chi connectivity index (χ3v) is 3.49. The van der Waals surface area contributed by atoms with Crippen LogP contribution in [-0.2, 0) is 0 Å². The lowest BCUT2D eigenvalue weighted by Gasteiger charge is -2.11. The molecule has 0 saturated carbocycles. The van der Waals surface area contributed by atoms with Gasteiger partial charge in [-0.25, -0.2) is 4.98 Å². The van der Waals surface area contributed by atoms with Crippen LogP contribution in [0.5, 0.6) is 0 Å². The maximum atomic E-state index is 8.87. The summed E-state index contributed by atoms with van der Waals surface area (Å²) in [7, 11) is 0. The van der Waals surface area contributed by atoms with Crippen molar-refractivity contribution in [1.29, 1.82) is 0 Å². The molecule has 5 nitrogen and oxygen atoms in total. The standard InChI is InChI=1S/C16H18N4O/c17-16-9-14(19-5-1-7-21)13-3-2-11(8-15(13)20-16)12-4-6-18-10-12/h2-4,6,8-9,21H,1,5,7,10H2,(H3,17,19,20). The van der Waals surface area contributed by atoms with E-state index in [2.05, 4.69) is 27.4 Å². The predicted octanol–water partition coefficient (Wildman–Crippen LogP) is 2.08. The number of pyridine rings is 1. The topological polar surface area (TPSA) is 83.5 Å². The van der Waals surface area contributed by atoms with Crippen molar-refractivity contribution >= 4 is 34.2 Å². The lowest BCUT2D eigenvalue weighted by atomic mass is 10.0. The van der Waals surface area contributed by atoms with Gasteiger partial charge in [0.05, 0.1) is 12.1 Å². The number of aliphatic imine (C=N–C) groups is 1. The third kappa shape index (κ3) is 2.87. The fourth-order valence-electron chi connectivity index (χ4n) is 2.43. The Morgan fingerprint density at radius 1 is 1.29 bits per heavy atom. The highest BCUT2D eigenvalue weighted by Gasteiger charge is 2.09. The monoisotopic (exact) mass is 282 g/mol. The van der Waals surface area contributed by atoms with Gasteiger partial charge >= 0.3 is 0 Å². The number of fused-ring (bicyclic) bond motifs is 1. The van der Waals surface area contributed by atoms with E-state index in [0.29, 0.717) is 18.8 Å². The van der Waals surface area contributed by atoms with Crippen molar-refractivity contribution in [1.82, 2.24) is 4.98 Å². The molecule has 1 aromatic carbocycles. The molecule has 0 aliphatic carbocycles. The summed E-state index contributed by atoms with van der Waals surface area (Å²) in [4.78, 5) is 8.62. The number of allylic oxidation sites excluding steroid dienone is 1. The van der Waals surface area contributed by atoms with Gasteiger partial charge in [-0.15, -0.1) is 0 Å². The summed E-state index contributed by atoms with van der Waals surface area (Å²) in [5.74, 6) is 0.489. The van der Waals surface area contributed by atoms with Crippen LogP contribution in [0, 0.1) is 0 Å². The van der Waals surface area contributed by atoms with Crippen LogP contribution in [0.1, 0.15) is 12.0 Å². The molecule has 1 aliphatic heterocycles. The zero-order chi connectivity index (χ0) is 14.7. The number of nitrogens with two attached hydrogens (primary N) is 1. The van der Waals surface area contributed by atoms with E-state index in [0.717, 1.165) is 28.7 Å². The van der Waals surface area contributed by atoms with E-state index >= 15 is 0 Å². The van der Waals surface area contributed by atoms with Crippen LogP contribution in [0.25, 0.3) is 16.5 Å². The summed E-state index contributed by atoms with van der Waals surface area (Å²) in [6.07, 6.45) is 4.55. The van der Waals surface area contributed by atoms with Gasteiger partial charge in [0.1, 0.15) is 5.82 Å². The fraction of sp³-hybridized carbons (Fsp3) is 0.250. The molecule has 0 amide bonds. The van der Waals surface area contributed by atoms with Gasteiger partial charge in [0, 0.05) is 36.5 Å². The highest BCUT2D eigenvalue weighted by molar-refractivity contribution is 5.96. The van der Waals surface area contributed by atoms with E-state index in [1.165, 1.54) is 5.57 Å². The molecule has 0 radical (unpaired) electrons. The molecule has 4 N–H and O–H groups in total. The number of aliphatic hydroxyl groups is 1. The molecule has 2 heterocycles. The Morgan fingerprint density at radius 3 is 2.95 bits per heavy atom. The van der Waals surface area contributed by atoms with Gasteiger partial charge in [0.25, 0.3) is 0 Å². The van der Waals surface area contributed by atoms with Crippen molar-refractivity contribution < 1.29 is 5.11 Å². The van der Waals surface area contributed by atoms with E-state index in [1.54, 1.807) is 0 Å². The summed E-state index contributed by atoms with van der Waals surface area (Å²) in [5, 5.41) is 13.2. The van der Waals surface area contributed by atoms with E-state index in [9.17, 15) is 0 Å². The number of nitrogen functional groups attached to an aromatic ring is 1. The van der Waals surface area contributed by atoms with Gasteiger partial charge in [-0.1, -0.05) is 12.1 Å². The third-order valence-electron chi connectivity index (χ3n) is 3.49. The zero-order valence-corrected chi connectivity index (χ0v) is 11.7. The number of aliphatic hydroxyl groups excluding tert-OH is 1. The fourth-order valence-corrected chi connectivity index (χ4v) is 2.43. The molecule has 0 fully saturated rings. The second-order valence-corrected chi connectivity index (χ2v) is 5.01. The zero-order valence-electron chi connectivity index (χ0n) is 11.7. The van der Waals surface area contributed by atoms with Crippen LogP contribution < -0.4 is 11.1 Å². The summed E-state index contributed by atoms with van der Waals surface area (Å²) in [6.45, 7) is 1.59. The van der Waals surface area contributed by atoms with Gasteiger partial charge < -0.3 is 16.2 Å². The smallest absolute Gasteiger partial charge is 0.126 e. The molecule has 1 aromatic heterocycles. The first-order chi connectivity index (χ1) is 10.3. The number of hydrogen-bond acceptors (Lipinski definition) is 5. The minimum absolute atomic E-state index is 0.170. The molecule has 3 rings (SSSR count). The Morgan fingerprint density at radius 2 is 2.19 bits per heavy atom. The summed E-state index contributed by atoms with van der Waals surface area (Å²) >= 11 is 0. The quantitative estimate of drug-likeness (QED) is 0.733. The SMILES string of the molecule is Nc1cc(NCCCO)c2ccc(C3=CC=NC3)cc2n1. The van der Waals surface area contributed by atoms with E-state index in [-0.39, 0.29) is 6.61 Å². The summed E-state index contributed by atoms with van der Waals surface area (Å²) in [5.41, 5.74) is 10.0. The van der Waals surface area contributed by atoms with Gasteiger partial charge in [0.2, 0.25) is 0 Å². The van der Waals surface area contributed by atoms with Crippen LogP contribution in [0.15, 0.2) is 35.3 Å². The van der Waals surface area contributed by atoms with Crippen molar-refractivity contribution in [3.8, 4) is 0 Å². The first-order valence-electron chi connectivity index (χ1n) is 7.02. The Bertz CT molecular complexity index is 722. The summed E-state index contributed by atoms with van der Waals surface area (Å²) < 4.78 is 0. The first kappa shape index (κ1) is 13.6. The molecule has 0 saturated heterocycles. The predicted molar refractivity (Wildman–Crippen MR) is 87.7 cm³/mol. The van der Waals surface area contributed by atoms with Crippen LogP contribution in [0.3, 0.4) is 0 Å². The minimum Gasteiger partial charge on any atom is -0.396 e. The van der Waals surface area contributed by atoms with Gasteiger partial charge in [-0.2, -0.15) is 0 Å². The molecular weight excluding hydrogens is 264 g/mol. The lowest BCUT2D eigenvalue weighted by Crippen LogP contribution is -2.05. The Balaban J connectivity index is 1.97. The second-order valence-electron chi connectivity index (χ2n) is 5.01. The van der Waals surface area contributed by atoms with E-state index in [1.807, 2.05) is 24.4 Å². The highest BCUT2D eigenvalue weighted by atomic mass is 16.3. The van der Waals surface area contributed by atoms with E-state index < -0.39 is 0 Å². The van der Waals surface area contributed by atoms with Crippen LogP contribution in [0.4, 0.5) is 11.5 Å². The van der Waals surface area contributed by atoms with E-state index in [4.69, 9.17) is 10.8 Å². The normalized spacial score (nSPS) is 13.7. The average molecular weight is 282 g/mol. The molecule has 1 aliphatic rings. The number of aromatic nitrogens is 1. The van der Waals surface area contributed by atoms with Crippen LogP contribution in [-0.4, -0.2) is 36.0 Å². The molecule has 5 heteroatoms. The summed E-state index contributed by atoms with van der Waals surface area (Å²) in [6, 6.07) is 8.01. The number of nitrogens with zero attached hydrogens (tertiary/aromatic N) is 2. The van der Waals surface area contributed by atoms with Crippen molar-refractivity contribution in [3.05, 3.63) is 35.9 Å². The first-order valence-corrected chi connectivity index (χ1v) is 7.02. The second kappa shape index (κ2) is 5.93. The molecule has 0 atom stereocenters. The van der Waals surface area contributed by atoms with Crippen molar-refractivity contribution in [2.75, 3.05) is 30.7 Å². The molecule has 21 heavy (non-hydrogen) atoms. The van der Waals surface area contributed by atoms with Crippen molar-refractivity contribution in [3.63, 3.8) is 0 Å². The van der Waals surface area contributed by atoms with Crippen LogP contribution in [0.2, 0.25) is 0 Å². The molecule has 0 spiro atoms. The lowest BCUT2D eigenvalue weighted by molar-refractivity contribution is 0.292. The van der Waals surface area contributed by atoms with Gasteiger partial charge in [-0.3, -0.25) is 4.99 Å². The maximum Gasteiger partial charge on any atom is 0.126 e. The van der Waals surface area contributed by atoms with Crippen molar-refractivity contribution in [2.24, 2.45) is 4.99 Å². The number of hydrogen-bond donors (Lipinski definition) is 3. The van der Waals surface area contributed by atoms with Gasteiger partial charge in [-0.05, 0) is 29.7 Å². The number of nitrogens with one attached hydrogen (secondary N) is 1. The number of anilines is 2.